The van der Waals surface area contributed by atoms with Gasteiger partial charge in [0.05, 0.1) is 12.0 Å². The number of carbonyl (C=O) groups excluding carboxylic acids is 3. The fourth-order valence-electron chi connectivity index (χ4n) is 2.46. The molecule has 3 amide bonds. The van der Waals surface area contributed by atoms with Crippen LogP contribution < -0.4 is 16.4 Å². The Hall–Kier alpha value is -2.21. The first-order valence-electron chi connectivity index (χ1n) is 7.48. The van der Waals surface area contributed by atoms with E-state index in [1.54, 1.807) is 12.1 Å². The number of anilines is 1. The van der Waals surface area contributed by atoms with Gasteiger partial charge in [0.15, 0.2) is 0 Å². The number of imide groups is 1. The van der Waals surface area contributed by atoms with Gasteiger partial charge in [-0.05, 0) is 30.5 Å². The maximum absolute atomic E-state index is 11.8. The van der Waals surface area contributed by atoms with Crippen LogP contribution in [-0.4, -0.2) is 23.8 Å². The van der Waals surface area contributed by atoms with Crippen molar-refractivity contribution in [1.29, 1.82) is 0 Å². The second-order valence-electron chi connectivity index (χ2n) is 5.60. The van der Waals surface area contributed by atoms with E-state index in [0.29, 0.717) is 18.5 Å². The number of amides is 3. The molecule has 1 aliphatic rings. The molecule has 1 fully saturated rings. The largest absolute Gasteiger partial charge is 0.325 e. The Bertz CT molecular complexity index is 569. The van der Waals surface area contributed by atoms with E-state index in [1.807, 2.05) is 19.1 Å². The average Bonchev–Trinajstić information content (AvgIpc) is 2.79. The lowest BCUT2D eigenvalue weighted by Gasteiger charge is -2.12. The van der Waals surface area contributed by atoms with Gasteiger partial charge < -0.3 is 11.1 Å². The number of rotatable bonds is 6. The SMILES string of the molecule is CCCC(N)C(=O)Nc1ccc(CC2CC(=O)NC2=O)cc1. The van der Waals surface area contributed by atoms with Gasteiger partial charge in [0.1, 0.15) is 0 Å². The van der Waals surface area contributed by atoms with Crippen molar-refractivity contribution in [2.45, 2.75) is 38.6 Å². The molecule has 0 aliphatic carbocycles. The Morgan fingerprint density at radius 2 is 2.05 bits per heavy atom. The molecule has 1 saturated heterocycles. The van der Waals surface area contributed by atoms with Crippen molar-refractivity contribution in [1.82, 2.24) is 5.32 Å². The monoisotopic (exact) mass is 303 g/mol. The van der Waals surface area contributed by atoms with Crippen LogP contribution in [0.25, 0.3) is 0 Å². The second-order valence-corrected chi connectivity index (χ2v) is 5.60. The van der Waals surface area contributed by atoms with Gasteiger partial charge in [-0.1, -0.05) is 25.5 Å². The molecule has 22 heavy (non-hydrogen) atoms. The molecule has 118 valence electrons. The van der Waals surface area contributed by atoms with E-state index in [2.05, 4.69) is 10.6 Å². The highest BCUT2D eigenvalue weighted by molar-refractivity contribution is 6.03. The standard InChI is InChI=1S/C16H21N3O3/c1-2-3-13(17)16(22)18-12-6-4-10(5-7-12)8-11-9-14(20)19-15(11)21/h4-7,11,13H,2-3,8-9,17H2,1H3,(H,18,22)(H,19,20,21). The summed E-state index contributed by atoms with van der Waals surface area (Å²) in [4.78, 5) is 34.5. The van der Waals surface area contributed by atoms with Crippen molar-refractivity contribution in [3.63, 3.8) is 0 Å². The summed E-state index contributed by atoms with van der Waals surface area (Å²) in [5.74, 6) is -0.932. The summed E-state index contributed by atoms with van der Waals surface area (Å²) in [5, 5.41) is 5.07. The minimum Gasteiger partial charge on any atom is -0.325 e. The van der Waals surface area contributed by atoms with Gasteiger partial charge in [0, 0.05) is 12.1 Å². The molecule has 4 N–H and O–H groups in total. The normalized spacial score (nSPS) is 18.9. The summed E-state index contributed by atoms with van der Waals surface area (Å²) in [6.45, 7) is 1.98. The first-order chi connectivity index (χ1) is 10.5. The molecule has 0 spiro atoms. The van der Waals surface area contributed by atoms with Crippen LogP contribution >= 0.6 is 0 Å². The smallest absolute Gasteiger partial charge is 0.241 e. The minimum atomic E-state index is -0.502. The van der Waals surface area contributed by atoms with Gasteiger partial charge >= 0.3 is 0 Å². The third kappa shape index (κ3) is 4.14. The maximum Gasteiger partial charge on any atom is 0.241 e. The molecule has 6 nitrogen and oxygen atoms in total. The summed E-state index contributed by atoms with van der Waals surface area (Å²) in [6.07, 6.45) is 2.26. The van der Waals surface area contributed by atoms with Crippen LogP contribution in [0, 0.1) is 5.92 Å². The van der Waals surface area contributed by atoms with Crippen molar-refractivity contribution in [3.8, 4) is 0 Å². The lowest BCUT2D eigenvalue weighted by molar-refractivity contribution is -0.125. The Balaban J connectivity index is 1.91. The van der Waals surface area contributed by atoms with Crippen molar-refractivity contribution < 1.29 is 14.4 Å². The lowest BCUT2D eigenvalue weighted by atomic mass is 9.98. The molecule has 2 rings (SSSR count). The van der Waals surface area contributed by atoms with E-state index < -0.39 is 6.04 Å². The molecule has 6 heteroatoms. The molecule has 1 aliphatic heterocycles. The molecular formula is C16H21N3O3. The van der Waals surface area contributed by atoms with Gasteiger partial charge in [-0.25, -0.2) is 0 Å². The van der Waals surface area contributed by atoms with Gasteiger partial charge in [0.25, 0.3) is 0 Å². The number of hydrogen-bond donors (Lipinski definition) is 3. The van der Waals surface area contributed by atoms with E-state index >= 15 is 0 Å². The molecule has 1 heterocycles. The van der Waals surface area contributed by atoms with E-state index in [1.165, 1.54) is 0 Å². The van der Waals surface area contributed by atoms with Crippen molar-refractivity contribution in [2.75, 3.05) is 5.32 Å². The third-order valence-electron chi connectivity index (χ3n) is 3.71. The van der Waals surface area contributed by atoms with Crippen molar-refractivity contribution in [3.05, 3.63) is 29.8 Å². The zero-order valence-electron chi connectivity index (χ0n) is 12.6. The summed E-state index contributed by atoms with van der Waals surface area (Å²) in [7, 11) is 0. The van der Waals surface area contributed by atoms with Crippen molar-refractivity contribution in [2.24, 2.45) is 11.7 Å². The molecule has 2 atom stereocenters. The Kier molecular flexibility index (Phi) is 5.27. The van der Waals surface area contributed by atoms with Crippen LogP contribution in [0.5, 0.6) is 0 Å². The van der Waals surface area contributed by atoms with Crippen LogP contribution in [0.3, 0.4) is 0 Å². The lowest BCUT2D eigenvalue weighted by Crippen LogP contribution is -2.35. The third-order valence-corrected chi connectivity index (χ3v) is 3.71. The summed E-state index contributed by atoms with van der Waals surface area (Å²) in [6, 6.07) is 6.74. The first kappa shape index (κ1) is 16.2. The quantitative estimate of drug-likeness (QED) is 0.681. The van der Waals surface area contributed by atoms with Crippen molar-refractivity contribution >= 4 is 23.4 Å². The topological polar surface area (TPSA) is 101 Å². The molecule has 0 bridgehead atoms. The maximum atomic E-state index is 11.8. The Labute approximate surface area is 129 Å². The second kappa shape index (κ2) is 7.17. The highest BCUT2D eigenvalue weighted by Crippen LogP contribution is 2.19. The number of benzene rings is 1. The summed E-state index contributed by atoms with van der Waals surface area (Å²) < 4.78 is 0. The Morgan fingerprint density at radius 3 is 2.59 bits per heavy atom. The first-order valence-corrected chi connectivity index (χ1v) is 7.48. The number of nitrogens with one attached hydrogen (secondary N) is 2. The van der Waals surface area contributed by atoms with Crippen LogP contribution in [0.2, 0.25) is 0 Å². The molecule has 0 radical (unpaired) electrons. The molecule has 1 aromatic rings. The van der Waals surface area contributed by atoms with Gasteiger partial charge in [-0.3, -0.25) is 19.7 Å². The highest BCUT2D eigenvalue weighted by atomic mass is 16.2. The molecule has 1 aromatic carbocycles. The van der Waals surface area contributed by atoms with E-state index in [9.17, 15) is 14.4 Å². The van der Waals surface area contributed by atoms with E-state index in [0.717, 1.165) is 12.0 Å². The van der Waals surface area contributed by atoms with Crippen LogP contribution in [0.1, 0.15) is 31.7 Å². The van der Waals surface area contributed by atoms with Crippen LogP contribution in [-0.2, 0) is 20.8 Å². The minimum absolute atomic E-state index is 0.199. The molecular weight excluding hydrogens is 282 g/mol. The molecule has 0 saturated carbocycles. The zero-order chi connectivity index (χ0) is 16.1. The van der Waals surface area contributed by atoms with Gasteiger partial charge in [-0.2, -0.15) is 0 Å². The number of carbonyl (C=O) groups is 3. The van der Waals surface area contributed by atoms with Gasteiger partial charge in [-0.15, -0.1) is 0 Å². The fourth-order valence-corrected chi connectivity index (χ4v) is 2.46. The zero-order valence-corrected chi connectivity index (χ0v) is 12.6. The average molecular weight is 303 g/mol. The summed E-state index contributed by atoms with van der Waals surface area (Å²) in [5.41, 5.74) is 7.38. The predicted octanol–water partition coefficient (Wildman–Crippen LogP) is 0.958. The Morgan fingerprint density at radius 1 is 1.36 bits per heavy atom. The van der Waals surface area contributed by atoms with Crippen LogP contribution in [0.15, 0.2) is 24.3 Å². The van der Waals surface area contributed by atoms with E-state index in [4.69, 9.17) is 5.73 Å². The van der Waals surface area contributed by atoms with Gasteiger partial charge in [0.2, 0.25) is 17.7 Å². The number of nitrogens with two attached hydrogens (primary N) is 1. The number of hydrogen-bond acceptors (Lipinski definition) is 4. The highest BCUT2D eigenvalue weighted by Gasteiger charge is 2.30. The molecule has 2 unspecified atom stereocenters. The van der Waals surface area contributed by atoms with E-state index in [-0.39, 0.29) is 30.1 Å². The summed E-state index contributed by atoms with van der Waals surface area (Å²) >= 11 is 0. The fraction of sp³-hybridized carbons (Fsp3) is 0.438. The predicted molar refractivity (Wildman–Crippen MR) is 82.9 cm³/mol. The van der Waals surface area contributed by atoms with Crippen LogP contribution in [0.4, 0.5) is 5.69 Å². The molecule has 0 aromatic heterocycles.